The van der Waals surface area contributed by atoms with Gasteiger partial charge >= 0.3 is 0 Å². The van der Waals surface area contributed by atoms with Gasteiger partial charge < -0.3 is 10.3 Å². The van der Waals surface area contributed by atoms with Gasteiger partial charge in [-0.2, -0.15) is 0 Å². The van der Waals surface area contributed by atoms with Crippen LogP contribution in [0.25, 0.3) is 5.70 Å². The molecule has 0 saturated carbocycles. The van der Waals surface area contributed by atoms with E-state index >= 15 is 0 Å². The lowest BCUT2D eigenvalue weighted by molar-refractivity contribution is 1.29. The summed E-state index contributed by atoms with van der Waals surface area (Å²) >= 11 is 0. The van der Waals surface area contributed by atoms with Gasteiger partial charge in [-0.1, -0.05) is 6.58 Å². The van der Waals surface area contributed by atoms with Crippen molar-refractivity contribution in [2.75, 3.05) is 12.4 Å². The summed E-state index contributed by atoms with van der Waals surface area (Å²) in [4.78, 5) is 10.6. The van der Waals surface area contributed by atoms with E-state index in [0.717, 1.165) is 11.5 Å². The van der Waals surface area contributed by atoms with Crippen LogP contribution in [0, 0.1) is 0 Å². The molecule has 0 bridgehead atoms. The first-order chi connectivity index (χ1) is 5.29. The van der Waals surface area contributed by atoms with Crippen molar-refractivity contribution in [3.63, 3.8) is 0 Å². The monoisotopic (exact) mass is 150 g/mol. The van der Waals surface area contributed by atoms with E-state index in [1.54, 1.807) is 13.4 Å². The molecule has 1 heterocycles. The topological polar surface area (TPSA) is 53.1 Å². The van der Waals surface area contributed by atoms with Crippen LogP contribution >= 0.6 is 0 Å². The van der Waals surface area contributed by atoms with Gasteiger partial charge in [0.2, 0.25) is 0 Å². The zero-order valence-corrected chi connectivity index (χ0v) is 6.39. The van der Waals surface area contributed by atoms with Crippen LogP contribution in [0.1, 0.15) is 5.69 Å². The highest BCUT2D eigenvalue weighted by Gasteiger charge is 2.04. The minimum absolute atomic E-state index is 0.590. The first-order valence-corrected chi connectivity index (χ1v) is 3.16. The summed E-state index contributed by atoms with van der Waals surface area (Å²) in [5.74, 6) is 0.738. The molecular formula is C7H10N4. The fourth-order valence-electron chi connectivity index (χ4n) is 0.783. The van der Waals surface area contributed by atoms with E-state index in [9.17, 15) is 0 Å². The minimum Gasteiger partial charge on any atom is -0.371 e. The van der Waals surface area contributed by atoms with Crippen molar-refractivity contribution < 1.29 is 0 Å². The smallest absolute Gasteiger partial charge is 0.153 e. The Morgan fingerprint density at radius 2 is 2.55 bits per heavy atom. The molecule has 1 aromatic rings. The Balaban J connectivity index is 3.01. The summed E-state index contributed by atoms with van der Waals surface area (Å²) in [6.45, 7) is 7.05. The number of hydrogen-bond donors (Lipinski definition) is 2. The molecule has 0 unspecified atom stereocenters. The van der Waals surface area contributed by atoms with E-state index in [1.807, 2.05) is 0 Å². The first-order valence-electron chi connectivity index (χ1n) is 3.16. The summed E-state index contributed by atoms with van der Waals surface area (Å²) in [5.41, 5.74) is 1.37. The third-order valence-electron chi connectivity index (χ3n) is 1.36. The highest BCUT2D eigenvalue weighted by Crippen LogP contribution is 2.17. The highest BCUT2D eigenvalue weighted by molar-refractivity contribution is 5.71. The average molecular weight is 150 g/mol. The second-order valence-electron chi connectivity index (χ2n) is 1.98. The van der Waals surface area contributed by atoms with E-state index in [2.05, 4.69) is 33.6 Å². The number of aromatic amines is 1. The van der Waals surface area contributed by atoms with E-state index < -0.39 is 0 Å². The SMILES string of the molecule is C=NC(=C)c1[nH]cnc1NC. The van der Waals surface area contributed by atoms with Crippen LogP contribution in [-0.4, -0.2) is 23.7 Å². The van der Waals surface area contributed by atoms with Crippen LogP contribution in [0.5, 0.6) is 0 Å². The Morgan fingerprint density at radius 3 is 3.09 bits per heavy atom. The maximum atomic E-state index is 3.99. The normalized spacial score (nSPS) is 9.18. The number of nitrogens with one attached hydrogen (secondary N) is 2. The van der Waals surface area contributed by atoms with Crippen molar-refractivity contribution in [3.8, 4) is 0 Å². The molecule has 0 fully saturated rings. The Hall–Kier alpha value is -1.58. The summed E-state index contributed by atoms with van der Waals surface area (Å²) in [7, 11) is 1.79. The van der Waals surface area contributed by atoms with Crippen LogP contribution in [0.2, 0.25) is 0 Å². The summed E-state index contributed by atoms with van der Waals surface area (Å²) in [5, 5.41) is 2.90. The summed E-state index contributed by atoms with van der Waals surface area (Å²) < 4.78 is 0. The minimum atomic E-state index is 0.590. The summed E-state index contributed by atoms with van der Waals surface area (Å²) in [6.07, 6.45) is 1.58. The number of aromatic nitrogens is 2. The third-order valence-corrected chi connectivity index (χ3v) is 1.36. The van der Waals surface area contributed by atoms with Gasteiger partial charge in [-0.25, -0.2) is 4.98 Å². The molecule has 0 amide bonds. The number of hydrogen-bond acceptors (Lipinski definition) is 3. The van der Waals surface area contributed by atoms with Gasteiger partial charge in [0.15, 0.2) is 5.82 Å². The van der Waals surface area contributed by atoms with E-state index in [-0.39, 0.29) is 0 Å². The van der Waals surface area contributed by atoms with Crippen molar-refractivity contribution >= 4 is 18.2 Å². The molecule has 1 rings (SSSR count). The molecule has 58 valence electrons. The Morgan fingerprint density at radius 1 is 1.82 bits per heavy atom. The van der Waals surface area contributed by atoms with Crippen molar-refractivity contribution in [3.05, 3.63) is 18.6 Å². The molecule has 11 heavy (non-hydrogen) atoms. The number of rotatable bonds is 3. The van der Waals surface area contributed by atoms with Gasteiger partial charge in [0, 0.05) is 7.05 Å². The van der Waals surface area contributed by atoms with Crippen molar-refractivity contribution in [2.24, 2.45) is 4.99 Å². The van der Waals surface area contributed by atoms with Crippen LogP contribution in [0.15, 0.2) is 17.9 Å². The van der Waals surface area contributed by atoms with Gasteiger partial charge in [-0.05, 0) is 6.72 Å². The number of anilines is 1. The maximum Gasteiger partial charge on any atom is 0.153 e. The molecule has 0 radical (unpaired) electrons. The highest BCUT2D eigenvalue weighted by atomic mass is 15.0. The Bertz CT molecular complexity index is 274. The lowest BCUT2D eigenvalue weighted by Crippen LogP contribution is -1.92. The van der Waals surface area contributed by atoms with Gasteiger partial charge in [0.1, 0.15) is 5.69 Å². The fourth-order valence-corrected chi connectivity index (χ4v) is 0.783. The number of H-pyrrole nitrogens is 1. The van der Waals surface area contributed by atoms with Crippen molar-refractivity contribution in [1.82, 2.24) is 9.97 Å². The molecule has 2 N–H and O–H groups in total. The predicted octanol–water partition coefficient (Wildman–Crippen LogP) is 1.12. The number of nitrogens with zero attached hydrogens (tertiary/aromatic N) is 2. The first kappa shape index (κ1) is 7.53. The molecule has 4 heteroatoms. The van der Waals surface area contributed by atoms with E-state index in [0.29, 0.717) is 5.70 Å². The molecule has 0 aliphatic heterocycles. The van der Waals surface area contributed by atoms with Crippen LogP contribution in [0.3, 0.4) is 0 Å². The van der Waals surface area contributed by atoms with Crippen LogP contribution < -0.4 is 5.32 Å². The Kier molecular flexibility index (Phi) is 2.06. The van der Waals surface area contributed by atoms with E-state index in [4.69, 9.17) is 0 Å². The number of imidazole rings is 1. The molecule has 4 nitrogen and oxygen atoms in total. The fraction of sp³-hybridized carbons (Fsp3) is 0.143. The molecule has 0 aliphatic carbocycles. The van der Waals surface area contributed by atoms with Gasteiger partial charge in [0.05, 0.1) is 12.0 Å². The van der Waals surface area contributed by atoms with E-state index in [1.165, 1.54) is 0 Å². The average Bonchev–Trinajstić information content (AvgIpc) is 2.50. The molecule has 0 spiro atoms. The zero-order valence-electron chi connectivity index (χ0n) is 6.39. The Labute approximate surface area is 65.1 Å². The standard InChI is InChI=1S/C7H10N4/c1-5(8-2)6-7(9-3)11-4-10-6/h4,9H,1-2H2,3H3,(H,10,11). The molecule has 0 saturated heterocycles. The molecule has 0 atom stereocenters. The quantitative estimate of drug-likeness (QED) is 0.634. The maximum absolute atomic E-state index is 3.99. The van der Waals surface area contributed by atoms with Crippen LogP contribution in [0.4, 0.5) is 5.82 Å². The lowest BCUT2D eigenvalue weighted by Gasteiger charge is -1.98. The van der Waals surface area contributed by atoms with Crippen molar-refractivity contribution in [1.29, 1.82) is 0 Å². The predicted molar refractivity (Wildman–Crippen MR) is 46.7 cm³/mol. The molecular weight excluding hydrogens is 140 g/mol. The molecule has 1 aromatic heterocycles. The summed E-state index contributed by atoms with van der Waals surface area (Å²) in [6, 6.07) is 0. The largest absolute Gasteiger partial charge is 0.371 e. The second-order valence-corrected chi connectivity index (χ2v) is 1.98. The number of aliphatic imine (C=N–C) groups is 1. The third kappa shape index (κ3) is 1.29. The molecule has 0 aliphatic rings. The van der Waals surface area contributed by atoms with Gasteiger partial charge in [-0.3, -0.25) is 4.99 Å². The zero-order chi connectivity index (χ0) is 8.27. The van der Waals surface area contributed by atoms with Gasteiger partial charge in [0.25, 0.3) is 0 Å². The lowest BCUT2D eigenvalue weighted by atomic mass is 10.3. The van der Waals surface area contributed by atoms with Crippen LogP contribution in [-0.2, 0) is 0 Å². The van der Waals surface area contributed by atoms with Gasteiger partial charge in [-0.15, -0.1) is 0 Å². The molecule has 0 aromatic carbocycles. The van der Waals surface area contributed by atoms with Crippen molar-refractivity contribution in [2.45, 2.75) is 0 Å². The second kappa shape index (κ2) is 3.01.